The number of nitrogens with one attached hydrogen (secondary N) is 2. The van der Waals surface area contributed by atoms with Crippen molar-refractivity contribution in [2.24, 2.45) is 0 Å². The van der Waals surface area contributed by atoms with E-state index < -0.39 is 11.7 Å². The van der Waals surface area contributed by atoms with Gasteiger partial charge in [-0.3, -0.25) is 14.9 Å². The number of H-pyrrole nitrogens is 1. The van der Waals surface area contributed by atoms with Gasteiger partial charge in [-0.1, -0.05) is 6.07 Å². The molecule has 3 aromatic heterocycles. The van der Waals surface area contributed by atoms with Gasteiger partial charge in [0, 0.05) is 29.9 Å². The van der Waals surface area contributed by atoms with Gasteiger partial charge in [-0.25, -0.2) is 9.37 Å². The molecule has 0 aliphatic carbocycles. The second-order valence-electron chi connectivity index (χ2n) is 6.97. The Hall–Kier alpha value is -3.65. The number of hydrogen-bond acceptors (Lipinski definition) is 5. The molecule has 0 radical (unpaired) electrons. The summed E-state index contributed by atoms with van der Waals surface area (Å²) < 4.78 is 13.0. The minimum Gasteiger partial charge on any atom is -0.305 e. The first kappa shape index (κ1) is 18.7. The first-order valence-electron chi connectivity index (χ1n) is 8.99. The van der Waals surface area contributed by atoms with E-state index in [-0.39, 0.29) is 11.5 Å². The van der Waals surface area contributed by atoms with Crippen LogP contribution in [0.25, 0.3) is 22.0 Å². The van der Waals surface area contributed by atoms with Gasteiger partial charge >= 0.3 is 0 Å². The number of hydrogen-bond donors (Lipinski definition) is 2. The molecule has 1 aromatic carbocycles. The number of pyridine rings is 2. The number of rotatable bonds is 5. The van der Waals surface area contributed by atoms with Crippen LogP contribution in [0.3, 0.4) is 0 Å². The number of nitrogens with zero attached hydrogens (tertiary/aromatic N) is 4. The zero-order valence-corrected chi connectivity index (χ0v) is 16.0. The molecular formula is C21H19FN6O. The number of fused-ring (bicyclic) bond motifs is 1. The van der Waals surface area contributed by atoms with Crippen molar-refractivity contribution >= 4 is 22.6 Å². The molecule has 4 aromatic rings. The van der Waals surface area contributed by atoms with E-state index in [0.717, 1.165) is 34.9 Å². The number of aromatic nitrogens is 4. The lowest BCUT2D eigenvalue weighted by Gasteiger charge is -2.10. The highest BCUT2D eigenvalue weighted by Crippen LogP contribution is 2.26. The average Bonchev–Trinajstić information content (AvgIpc) is 3.13. The zero-order valence-electron chi connectivity index (χ0n) is 16.0. The maximum atomic E-state index is 13.0. The minimum atomic E-state index is -0.469. The van der Waals surface area contributed by atoms with Crippen molar-refractivity contribution in [1.82, 2.24) is 25.1 Å². The van der Waals surface area contributed by atoms with E-state index in [1.165, 1.54) is 12.1 Å². The smallest absolute Gasteiger partial charge is 0.277 e. The third kappa shape index (κ3) is 4.12. The topological polar surface area (TPSA) is 86.8 Å². The Morgan fingerprint density at radius 3 is 2.72 bits per heavy atom. The lowest BCUT2D eigenvalue weighted by Crippen LogP contribution is -2.13. The van der Waals surface area contributed by atoms with Crippen molar-refractivity contribution in [1.29, 1.82) is 0 Å². The van der Waals surface area contributed by atoms with Gasteiger partial charge in [0.05, 0.1) is 11.7 Å². The number of anilines is 1. The molecule has 8 heteroatoms. The van der Waals surface area contributed by atoms with Crippen LogP contribution in [0, 0.1) is 5.82 Å². The summed E-state index contributed by atoms with van der Waals surface area (Å²) in [5.41, 5.74) is 3.97. The summed E-state index contributed by atoms with van der Waals surface area (Å²) in [5, 5.41) is 10.3. The van der Waals surface area contributed by atoms with E-state index >= 15 is 0 Å². The lowest BCUT2D eigenvalue weighted by atomic mass is 10.0. The van der Waals surface area contributed by atoms with Crippen LogP contribution in [0.4, 0.5) is 10.2 Å². The molecule has 0 saturated carbocycles. The molecule has 0 aliphatic rings. The maximum Gasteiger partial charge on any atom is 0.277 e. The Kier molecular flexibility index (Phi) is 5.01. The molecule has 29 heavy (non-hydrogen) atoms. The van der Waals surface area contributed by atoms with Crippen LogP contribution in [0.2, 0.25) is 0 Å². The van der Waals surface area contributed by atoms with E-state index in [4.69, 9.17) is 0 Å². The molecule has 1 amide bonds. The SMILES string of the molecule is CN(C)Cc1cncc(-c2ccc3[nH]nc(C(=O)Nc4ccc(F)cn4)c3c2)c1. The molecule has 0 spiro atoms. The maximum absolute atomic E-state index is 13.0. The van der Waals surface area contributed by atoms with Crippen molar-refractivity contribution in [2.45, 2.75) is 6.54 Å². The summed E-state index contributed by atoms with van der Waals surface area (Å²) in [6.45, 7) is 0.785. The third-order valence-corrected chi connectivity index (χ3v) is 4.37. The van der Waals surface area contributed by atoms with Gasteiger partial charge in [0.2, 0.25) is 0 Å². The molecule has 0 aliphatic heterocycles. The summed E-state index contributed by atoms with van der Waals surface area (Å²) in [6, 6.07) is 10.5. The van der Waals surface area contributed by atoms with Crippen LogP contribution >= 0.6 is 0 Å². The first-order chi connectivity index (χ1) is 14.0. The van der Waals surface area contributed by atoms with Gasteiger partial charge in [-0.15, -0.1) is 0 Å². The predicted molar refractivity (Wildman–Crippen MR) is 109 cm³/mol. The summed E-state index contributed by atoms with van der Waals surface area (Å²) >= 11 is 0. The predicted octanol–water partition coefficient (Wildman–Crippen LogP) is 3.47. The highest BCUT2D eigenvalue weighted by molar-refractivity contribution is 6.11. The Morgan fingerprint density at radius 2 is 1.97 bits per heavy atom. The fraction of sp³-hybridized carbons (Fsp3) is 0.143. The second kappa shape index (κ2) is 7.76. The Labute approximate surface area is 166 Å². The molecule has 0 saturated heterocycles. The van der Waals surface area contributed by atoms with Crippen LogP contribution in [0.15, 0.2) is 55.0 Å². The zero-order chi connectivity index (χ0) is 20.4. The fourth-order valence-electron chi connectivity index (χ4n) is 3.09. The number of halogens is 1. The number of benzene rings is 1. The van der Waals surface area contributed by atoms with E-state index in [0.29, 0.717) is 5.39 Å². The first-order valence-corrected chi connectivity index (χ1v) is 8.99. The van der Waals surface area contributed by atoms with Gasteiger partial charge in [0.15, 0.2) is 5.69 Å². The number of carbonyl (C=O) groups is 1. The summed E-state index contributed by atoms with van der Waals surface area (Å²) in [5.74, 6) is -0.640. The molecule has 146 valence electrons. The quantitative estimate of drug-likeness (QED) is 0.545. The summed E-state index contributed by atoms with van der Waals surface area (Å²) in [6.07, 6.45) is 4.68. The average molecular weight is 390 g/mol. The van der Waals surface area contributed by atoms with E-state index in [2.05, 4.69) is 36.4 Å². The molecule has 0 fully saturated rings. The van der Waals surface area contributed by atoms with Crippen LogP contribution in [-0.4, -0.2) is 45.1 Å². The summed E-state index contributed by atoms with van der Waals surface area (Å²) in [4.78, 5) is 22.9. The fourth-order valence-corrected chi connectivity index (χ4v) is 3.09. The standard InChI is InChI=1S/C21H19FN6O/c1-28(2)12-13-7-15(10-23-9-13)14-3-5-18-17(8-14)20(27-26-18)21(29)25-19-6-4-16(22)11-24-19/h3-11H,12H2,1-2H3,(H,26,27)(H,24,25,29). The normalized spacial score (nSPS) is 11.2. The Morgan fingerprint density at radius 1 is 1.10 bits per heavy atom. The lowest BCUT2D eigenvalue weighted by molar-refractivity contribution is 0.102. The highest BCUT2D eigenvalue weighted by atomic mass is 19.1. The molecule has 0 atom stereocenters. The van der Waals surface area contributed by atoms with Crippen LogP contribution in [-0.2, 0) is 6.54 Å². The number of aromatic amines is 1. The molecular weight excluding hydrogens is 371 g/mol. The van der Waals surface area contributed by atoms with E-state index in [1.807, 2.05) is 38.5 Å². The van der Waals surface area contributed by atoms with Gasteiger partial charge in [-0.05, 0) is 55.6 Å². The molecule has 2 N–H and O–H groups in total. The van der Waals surface area contributed by atoms with Crippen LogP contribution < -0.4 is 5.32 Å². The molecule has 4 rings (SSSR count). The van der Waals surface area contributed by atoms with Gasteiger partial charge in [0.25, 0.3) is 5.91 Å². The minimum absolute atomic E-state index is 0.241. The molecule has 0 unspecified atom stereocenters. The van der Waals surface area contributed by atoms with Crippen molar-refractivity contribution in [3.63, 3.8) is 0 Å². The van der Waals surface area contributed by atoms with Gasteiger partial charge in [0.1, 0.15) is 11.6 Å². The monoisotopic (exact) mass is 390 g/mol. The van der Waals surface area contributed by atoms with Crippen molar-refractivity contribution in [3.05, 3.63) is 72.1 Å². The highest BCUT2D eigenvalue weighted by Gasteiger charge is 2.16. The van der Waals surface area contributed by atoms with Crippen molar-refractivity contribution < 1.29 is 9.18 Å². The molecule has 3 heterocycles. The molecule has 7 nitrogen and oxygen atoms in total. The van der Waals surface area contributed by atoms with Crippen molar-refractivity contribution in [3.8, 4) is 11.1 Å². The van der Waals surface area contributed by atoms with E-state index in [9.17, 15) is 9.18 Å². The van der Waals surface area contributed by atoms with E-state index in [1.54, 1.807) is 6.20 Å². The largest absolute Gasteiger partial charge is 0.305 e. The van der Waals surface area contributed by atoms with Crippen LogP contribution in [0.1, 0.15) is 16.1 Å². The Bertz CT molecular complexity index is 1170. The van der Waals surface area contributed by atoms with Crippen LogP contribution in [0.5, 0.6) is 0 Å². The summed E-state index contributed by atoms with van der Waals surface area (Å²) in [7, 11) is 4.01. The van der Waals surface area contributed by atoms with Gasteiger partial charge < -0.3 is 10.2 Å². The van der Waals surface area contributed by atoms with Gasteiger partial charge in [-0.2, -0.15) is 5.10 Å². The number of carbonyl (C=O) groups excluding carboxylic acids is 1. The molecule has 0 bridgehead atoms. The Balaban J connectivity index is 1.66. The third-order valence-electron chi connectivity index (χ3n) is 4.37. The number of amides is 1. The second-order valence-corrected chi connectivity index (χ2v) is 6.97. The van der Waals surface area contributed by atoms with Crippen molar-refractivity contribution in [2.75, 3.05) is 19.4 Å².